The largest absolute Gasteiger partial charge is 0.383 e. The summed E-state index contributed by atoms with van der Waals surface area (Å²) in [6, 6.07) is 17.0. The molecule has 5 atom stereocenters. The first kappa shape index (κ1) is 23.4. The maximum absolute atomic E-state index is 14.0. The molecule has 2 fully saturated rings. The minimum atomic E-state index is -0.242. The number of hydrogen-bond donors (Lipinski definition) is 2. The van der Waals surface area contributed by atoms with Crippen LogP contribution in [0.15, 0.2) is 48.5 Å². The molecule has 0 spiro atoms. The van der Waals surface area contributed by atoms with E-state index in [1.54, 1.807) is 31.4 Å². The van der Waals surface area contributed by atoms with Crippen LogP contribution in [0.3, 0.4) is 0 Å². The van der Waals surface area contributed by atoms with Crippen molar-refractivity contribution in [1.29, 1.82) is 5.26 Å². The van der Waals surface area contributed by atoms with Gasteiger partial charge in [-0.1, -0.05) is 37.1 Å². The van der Waals surface area contributed by atoms with Crippen molar-refractivity contribution in [2.75, 3.05) is 25.6 Å². The van der Waals surface area contributed by atoms with Gasteiger partial charge in [0.2, 0.25) is 5.91 Å². The van der Waals surface area contributed by atoms with Crippen LogP contribution in [0, 0.1) is 23.2 Å². The van der Waals surface area contributed by atoms with Crippen molar-refractivity contribution in [3.05, 3.63) is 65.2 Å². The van der Waals surface area contributed by atoms with Gasteiger partial charge in [0.25, 0.3) is 5.91 Å². The zero-order chi connectivity index (χ0) is 24.4. The Morgan fingerprint density at radius 1 is 1.14 bits per heavy atom. The molecular formula is C28H32N4O3. The predicted octanol–water partition coefficient (Wildman–Crippen LogP) is 3.88. The van der Waals surface area contributed by atoms with Crippen LogP contribution in [0.5, 0.6) is 0 Å². The number of fused-ring (bicyclic) bond motifs is 3. The normalized spacial score (nSPS) is 27.2. The van der Waals surface area contributed by atoms with Crippen LogP contribution in [0.25, 0.3) is 0 Å². The fraction of sp³-hybridized carbons (Fsp3) is 0.464. The number of para-hydroxylation sites is 1. The number of nitriles is 1. The fourth-order valence-electron chi connectivity index (χ4n) is 6.22. The topological polar surface area (TPSA) is 94.5 Å². The van der Waals surface area contributed by atoms with Gasteiger partial charge >= 0.3 is 0 Å². The molecule has 2 aliphatic heterocycles. The molecule has 5 rings (SSSR count). The van der Waals surface area contributed by atoms with E-state index in [9.17, 15) is 14.9 Å². The zero-order valence-electron chi connectivity index (χ0n) is 20.1. The van der Waals surface area contributed by atoms with Crippen molar-refractivity contribution >= 4 is 17.5 Å². The highest BCUT2D eigenvalue weighted by Crippen LogP contribution is 2.47. The van der Waals surface area contributed by atoms with Crippen LogP contribution < -0.4 is 10.6 Å². The summed E-state index contributed by atoms with van der Waals surface area (Å²) >= 11 is 0. The van der Waals surface area contributed by atoms with Gasteiger partial charge in [-0.2, -0.15) is 5.26 Å². The molecule has 182 valence electrons. The fourth-order valence-corrected chi connectivity index (χ4v) is 6.22. The minimum Gasteiger partial charge on any atom is -0.383 e. The molecule has 1 aliphatic carbocycles. The highest BCUT2D eigenvalue weighted by atomic mass is 16.5. The summed E-state index contributed by atoms with van der Waals surface area (Å²) in [5, 5.41) is 15.9. The number of hydrogen-bond acceptors (Lipinski definition) is 5. The molecule has 0 unspecified atom stereocenters. The molecule has 0 bridgehead atoms. The standard InChI is InChI=1S/C28H32N4O3/c1-35-17-25-21-13-14-32(26(21)20-9-2-4-11-23(20)30-25)28(34)22-10-3-5-12-24(22)31-27(33)19-8-6-7-18(15-19)16-29/h2,4,6-9,11,15,21-22,24-26,30H,3,5,10,12-14,17H2,1H3,(H,31,33)/t21-,22+,24-,25+,26+/m1/s1. The van der Waals surface area contributed by atoms with Gasteiger partial charge in [0.15, 0.2) is 0 Å². The third-order valence-electron chi connectivity index (χ3n) is 7.86. The quantitative estimate of drug-likeness (QED) is 0.689. The Bertz CT molecular complexity index is 1140. The molecular weight excluding hydrogens is 440 g/mol. The minimum absolute atomic E-state index is 0.0192. The second-order valence-electron chi connectivity index (χ2n) is 9.89. The lowest BCUT2D eigenvalue weighted by Gasteiger charge is -2.41. The lowest BCUT2D eigenvalue weighted by atomic mass is 9.81. The summed E-state index contributed by atoms with van der Waals surface area (Å²) in [7, 11) is 1.72. The number of nitrogens with one attached hydrogen (secondary N) is 2. The van der Waals surface area contributed by atoms with Crippen molar-refractivity contribution in [3.8, 4) is 6.07 Å². The lowest BCUT2D eigenvalue weighted by Crippen LogP contribution is -2.50. The second-order valence-corrected chi connectivity index (χ2v) is 9.89. The van der Waals surface area contributed by atoms with E-state index in [0.717, 1.165) is 37.8 Å². The van der Waals surface area contributed by atoms with E-state index >= 15 is 0 Å². The summed E-state index contributed by atoms with van der Waals surface area (Å²) in [5.74, 6) is -0.0349. The zero-order valence-corrected chi connectivity index (χ0v) is 20.1. The molecule has 1 saturated heterocycles. The van der Waals surface area contributed by atoms with E-state index in [0.29, 0.717) is 30.2 Å². The third-order valence-corrected chi connectivity index (χ3v) is 7.86. The number of carbonyl (C=O) groups is 2. The Labute approximate surface area is 206 Å². The molecule has 2 aromatic rings. The average Bonchev–Trinajstić information content (AvgIpc) is 3.35. The lowest BCUT2D eigenvalue weighted by molar-refractivity contribution is -0.139. The van der Waals surface area contributed by atoms with Gasteiger partial charge < -0.3 is 20.3 Å². The first-order chi connectivity index (χ1) is 17.1. The van der Waals surface area contributed by atoms with E-state index in [-0.39, 0.29) is 35.9 Å². The first-order valence-corrected chi connectivity index (χ1v) is 12.6. The van der Waals surface area contributed by atoms with Gasteiger partial charge in [-0.3, -0.25) is 9.59 Å². The Balaban J connectivity index is 1.37. The molecule has 2 heterocycles. The first-order valence-electron chi connectivity index (χ1n) is 12.6. The maximum Gasteiger partial charge on any atom is 0.251 e. The van der Waals surface area contributed by atoms with Crippen LogP contribution in [0.2, 0.25) is 0 Å². The predicted molar refractivity (Wildman–Crippen MR) is 133 cm³/mol. The number of nitrogens with zero attached hydrogens (tertiary/aromatic N) is 2. The number of rotatable bonds is 5. The van der Waals surface area contributed by atoms with Crippen molar-refractivity contribution in [2.45, 2.75) is 50.2 Å². The number of ether oxygens (including phenoxy) is 1. The summed E-state index contributed by atoms with van der Waals surface area (Å²) in [6.45, 7) is 1.31. The number of benzene rings is 2. The van der Waals surface area contributed by atoms with Crippen LogP contribution in [0.4, 0.5) is 5.69 Å². The second kappa shape index (κ2) is 10.1. The summed E-state index contributed by atoms with van der Waals surface area (Å²) in [4.78, 5) is 29.1. The summed E-state index contributed by atoms with van der Waals surface area (Å²) in [6.07, 6.45) is 4.46. The highest BCUT2D eigenvalue weighted by Gasteiger charge is 2.48. The Morgan fingerprint density at radius 2 is 1.97 bits per heavy atom. The van der Waals surface area contributed by atoms with E-state index in [4.69, 9.17) is 4.74 Å². The molecule has 0 aromatic heterocycles. The van der Waals surface area contributed by atoms with E-state index in [2.05, 4.69) is 33.7 Å². The highest BCUT2D eigenvalue weighted by molar-refractivity contribution is 5.95. The van der Waals surface area contributed by atoms with Gasteiger partial charge in [-0.15, -0.1) is 0 Å². The van der Waals surface area contributed by atoms with Crippen LogP contribution in [-0.2, 0) is 9.53 Å². The number of amides is 2. The number of likely N-dealkylation sites (tertiary alicyclic amines) is 1. The van der Waals surface area contributed by atoms with Gasteiger partial charge in [0, 0.05) is 36.9 Å². The number of methoxy groups -OCH3 is 1. The Kier molecular flexibility index (Phi) is 6.74. The Morgan fingerprint density at radius 3 is 2.80 bits per heavy atom. The van der Waals surface area contributed by atoms with Crippen LogP contribution in [0.1, 0.15) is 59.6 Å². The van der Waals surface area contributed by atoms with E-state index < -0.39 is 0 Å². The maximum atomic E-state index is 14.0. The van der Waals surface area contributed by atoms with Gasteiger partial charge in [0.05, 0.1) is 36.2 Å². The average molecular weight is 473 g/mol. The Hall–Kier alpha value is -3.37. The molecule has 2 N–H and O–H groups in total. The molecule has 2 aromatic carbocycles. The SMILES string of the molecule is COC[C@@H]1Nc2ccccc2[C@H]2[C@@H]1CCN2C(=O)[C@H]1CCCC[C@H]1NC(=O)c1cccc(C#N)c1. The molecule has 35 heavy (non-hydrogen) atoms. The van der Waals surface area contributed by atoms with Gasteiger partial charge in [-0.05, 0) is 49.1 Å². The van der Waals surface area contributed by atoms with Crippen LogP contribution in [-0.4, -0.2) is 49.1 Å². The molecule has 1 saturated carbocycles. The summed E-state index contributed by atoms with van der Waals surface area (Å²) < 4.78 is 5.50. The van der Waals surface area contributed by atoms with Crippen molar-refractivity contribution in [3.63, 3.8) is 0 Å². The monoisotopic (exact) mass is 472 g/mol. The smallest absolute Gasteiger partial charge is 0.251 e. The van der Waals surface area contributed by atoms with Crippen molar-refractivity contribution in [1.82, 2.24) is 10.2 Å². The molecule has 7 nitrogen and oxygen atoms in total. The molecule has 7 heteroatoms. The van der Waals surface area contributed by atoms with Gasteiger partial charge in [0.1, 0.15) is 0 Å². The molecule has 3 aliphatic rings. The van der Waals surface area contributed by atoms with Gasteiger partial charge in [-0.25, -0.2) is 0 Å². The molecule has 2 amide bonds. The van der Waals surface area contributed by atoms with E-state index in [1.165, 1.54) is 5.56 Å². The van der Waals surface area contributed by atoms with Crippen molar-refractivity contribution in [2.24, 2.45) is 11.8 Å². The van der Waals surface area contributed by atoms with Crippen molar-refractivity contribution < 1.29 is 14.3 Å². The third kappa shape index (κ3) is 4.51. The van der Waals surface area contributed by atoms with Crippen LogP contribution >= 0.6 is 0 Å². The number of anilines is 1. The number of carbonyl (C=O) groups excluding carboxylic acids is 2. The summed E-state index contributed by atoms with van der Waals surface area (Å²) in [5.41, 5.74) is 3.14. The van der Waals surface area contributed by atoms with E-state index in [1.807, 2.05) is 12.1 Å². The molecule has 0 radical (unpaired) electrons.